The van der Waals surface area contributed by atoms with Crippen LogP contribution < -0.4 is 0 Å². The lowest BCUT2D eigenvalue weighted by Crippen LogP contribution is -2.31. The fraction of sp³-hybridized carbons (Fsp3) is 1.00. The molecular weight excluding hydrogens is 300 g/mol. The molecule has 0 N–H and O–H groups in total. The van der Waals surface area contributed by atoms with Gasteiger partial charge in [-0.1, -0.05) is 91.4 Å². The molecule has 0 aliphatic heterocycles. The maximum absolute atomic E-state index is 2.60. The minimum absolute atomic E-state index is 1.01. The van der Waals surface area contributed by atoms with E-state index in [2.05, 4.69) is 20.8 Å². The second-order valence-electron chi connectivity index (χ2n) is 10.8. The molecule has 0 aromatic heterocycles. The van der Waals surface area contributed by atoms with Crippen molar-refractivity contribution in [3.05, 3.63) is 0 Å². The Kier molecular flexibility index (Phi) is 7.74. The largest absolute Gasteiger partial charge is 0.0625 e. The number of hydrogen-bond donors (Lipinski definition) is 0. The van der Waals surface area contributed by atoms with Gasteiger partial charge in [0, 0.05) is 0 Å². The van der Waals surface area contributed by atoms with Gasteiger partial charge in [0.1, 0.15) is 0 Å². The lowest BCUT2D eigenvalue weighted by atomic mass is 9.64. The number of hydrogen-bond acceptors (Lipinski definition) is 0. The molecule has 0 amide bonds. The molecule has 25 heavy (non-hydrogen) atoms. The Morgan fingerprint density at radius 2 is 1.08 bits per heavy atom. The molecule has 3 fully saturated rings. The molecule has 3 atom stereocenters. The van der Waals surface area contributed by atoms with E-state index in [4.69, 9.17) is 0 Å². The van der Waals surface area contributed by atoms with Crippen molar-refractivity contribution >= 4 is 0 Å². The summed E-state index contributed by atoms with van der Waals surface area (Å²) in [6, 6.07) is 0. The summed E-state index contributed by atoms with van der Waals surface area (Å²) >= 11 is 0. The van der Waals surface area contributed by atoms with E-state index in [0.717, 1.165) is 41.4 Å². The van der Waals surface area contributed by atoms with E-state index in [9.17, 15) is 0 Å². The quantitative estimate of drug-likeness (QED) is 0.425. The SMILES string of the molecule is CC1CCC(CCCCC2CCC(C3CCC(C)CC3)C(C)C2)CC1. The monoisotopic (exact) mass is 346 g/mol. The van der Waals surface area contributed by atoms with Gasteiger partial charge < -0.3 is 0 Å². The van der Waals surface area contributed by atoms with Crippen molar-refractivity contribution in [3.63, 3.8) is 0 Å². The van der Waals surface area contributed by atoms with Gasteiger partial charge in [0.05, 0.1) is 0 Å². The highest BCUT2D eigenvalue weighted by atomic mass is 14.4. The highest BCUT2D eigenvalue weighted by Crippen LogP contribution is 2.45. The van der Waals surface area contributed by atoms with Crippen molar-refractivity contribution < 1.29 is 0 Å². The summed E-state index contributed by atoms with van der Waals surface area (Å²) in [4.78, 5) is 0. The molecule has 0 aromatic rings. The Morgan fingerprint density at radius 1 is 0.560 bits per heavy atom. The van der Waals surface area contributed by atoms with Crippen LogP contribution in [0.15, 0.2) is 0 Å². The molecule has 3 aliphatic carbocycles. The smallest absolute Gasteiger partial charge is 0.0360 e. The first kappa shape index (κ1) is 19.8. The minimum Gasteiger partial charge on any atom is -0.0625 e. The third-order valence-electron chi connectivity index (χ3n) is 8.62. The van der Waals surface area contributed by atoms with Gasteiger partial charge in [-0.25, -0.2) is 0 Å². The lowest BCUT2D eigenvalue weighted by Gasteiger charge is -2.41. The van der Waals surface area contributed by atoms with Crippen molar-refractivity contribution in [2.24, 2.45) is 41.4 Å². The van der Waals surface area contributed by atoms with E-state index >= 15 is 0 Å². The maximum Gasteiger partial charge on any atom is -0.0360 e. The average molecular weight is 347 g/mol. The predicted molar refractivity (Wildman–Crippen MR) is 111 cm³/mol. The molecule has 0 radical (unpaired) electrons. The van der Waals surface area contributed by atoms with Crippen molar-refractivity contribution in [1.29, 1.82) is 0 Å². The van der Waals surface area contributed by atoms with Crippen LogP contribution in [0.4, 0.5) is 0 Å². The molecule has 0 aromatic carbocycles. The lowest BCUT2D eigenvalue weighted by molar-refractivity contribution is 0.0955. The van der Waals surface area contributed by atoms with Crippen LogP contribution in [0.2, 0.25) is 0 Å². The molecule has 3 unspecified atom stereocenters. The molecule has 146 valence electrons. The molecule has 0 nitrogen and oxygen atoms in total. The summed E-state index contributed by atoms with van der Waals surface area (Å²) in [5.74, 6) is 7.35. The highest BCUT2D eigenvalue weighted by Gasteiger charge is 2.34. The van der Waals surface area contributed by atoms with E-state index in [1.807, 2.05) is 0 Å². The number of rotatable bonds is 6. The van der Waals surface area contributed by atoms with Gasteiger partial charge in [0.2, 0.25) is 0 Å². The summed E-state index contributed by atoms with van der Waals surface area (Å²) < 4.78 is 0. The van der Waals surface area contributed by atoms with Gasteiger partial charge in [0.25, 0.3) is 0 Å². The Balaban J connectivity index is 1.29. The van der Waals surface area contributed by atoms with Gasteiger partial charge in [-0.05, 0) is 67.1 Å². The van der Waals surface area contributed by atoms with Crippen LogP contribution in [0.3, 0.4) is 0 Å². The zero-order valence-corrected chi connectivity index (χ0v) is 17.6. The second-order valence-corrected chi connectivity index (χ2v) is 10.8. The van der Waals surface area contributed by atoms with Crippen molar-refractivity contribution in [2.75, 3.05) is 0 Å². The summed E-state index contributed by atoms with van der Waals surface area (Å²) in [6.45, 7) is 7.50. The Bertz CT molecular complexity index is 356. The van der Waals surface area contributed by atoms with Gasteiger partial charge in [-0.15, -0.1) is 0 Å². The van der Waals surface area contributed by atoms with E-state index in [-0.39, 0.29) is 0 Å². The van der Waals surface area contributed by atoms with Gasteiger partial charge >= 0.3 is 0 Å². The zero-order valence-electron chi connectivity index (χ0n) is 17.6. The van der Waals surface area contributed by atoms with Crippen molar-refractivity contribution in [1.82, 2.24) is 0 Å². The molecule has 0 bridgehead atoms. The first-order chi connectivity index (χ1) is 12.1. The molecule has 3 saturated carbocycles. The van der Waals surface area contributed by atoms with Crippen LogP contribution in [-0.2, 0) is 0 Å². The van der Waals surface area contributed by atoms with Crippen LogP contribution in [0, 0.1) is 41.4 Å². The first-order valence-corrected chi connectivity index (χ1v) is 12.1. The van der Waals surface area contributed by atoms with Crippen LogP contribution in [0.25, 0.3) is 0 Å². The molecular formula is C25H46. The van der Waals surface area contributed by atoms with Gasteiger partial charge in [-0.3, -0.25) is 0 Å². The second kappa shape index (κ2) is 9.80. The Hall–Kier alpha value is 0. The molecule has 3 aliphatic rings. The summed E-state index contributed by atoms with van der Waals surface area (Å²) in [5.41, 5.74) is 0. The summed E-state index contributed by atoms with van der Waals surface area (Å²) in [6.07, 6.45) is 23.0. The maximum atomic E-state index is 2.60. The normalized spacial score (nSPS) is 43.1. The van der Waals surface area contributed by atoms with E-state index in [0.29, 0.717) is 0 Å². The third-order valence-corrected chi connectivity index (χ3v) is 8.62. The molecule has 0 spiro atoms. The van der Waals surface area contributed by atoms with E-state index < -0.39 is 0 Å². The number of unbranched alkanes of at least 4 members (excludes halogenated alkanes) is 1. The summed E-state index contributed by atoms with van der Waals surface area (Å²) in [7, 11) is 0. The molecule has 0 heteroatoms. The standard InChI is InChI=1S/C25H46/c1-19-8-12-22(13-9-19)6-4-5-7-23-14-17-25(21(3)18-23)24-15-10-20(2)11-16-24/h19-25H,4-18H2,1-3H3. The minimum atomic E-state index is 1.01. The van der Waals surface area contributed by atoms with Crippen molar-refractivity contribution in [3.8, 4) is 0 Å². The molecule has 0 heterocycles. The van der Waals surface area contributed by atoms with Crippen LogP contribution in [-0.4, -0.2) is 0 Å². The van der Waals surface area contributed by atoms with Crippen LogP contribution in [0.5, 0.6) is 0 Å². The van der Waals surface area contributed by atoms with E-state index in [1.54, 1.807) is 38.5 Å². The third kappa shape index (κ3) is 6.00. The summed E-state index contributed by atoms with van der Waals surface area (Å²) in [5, 5.41) is 0. The topological polar surface area (TPSA) is 0 Å². The first-order valence-electron chi connectivity index (χ1n) is 12.1. The van der Waals surface area contributed by atoms with Gasteiger partial charge in [0.15, 0.2) is 0 Å². The fourth-order valence-corrected chi connectivity index (χ4v) is 6.69. The van der Waals surface area contributed by atoms with Crippen molar-refractivity contribution in [2.45, 2.75) is 117 Å². The van der Waals surface area contributed by atoms with Crippen LogP contribution in [0.1, 0.15) is 117 Å². The van der Waals surface area contributed by atoms with E-state index in [1.165, 1.54) is 57.8 Å². The average Bonchev–Trinajstić information content (AvgIpc) is 2.61. The molecule has 0 saturated heterocycles. The zero-order chi connectivity index (χ0) is 17.6. The molecule has 3 rings (SSSR count). The van der Waals surface area contributed by atoms with Gasteiger partial charge in [-0.2, -0.15) is 0 Å². The Labute approximate surface area is 158 Å². The van der Waals surface area contributed by atoms with Crippen LogP contribution >= 0.6 is 0 Å². The Morgan fingerprint density at radius 3 is 1.68 bits per heavy atom. The highest BCUT2D eigenvalue weighted by molar-refractivity contribution is 4.85. The predicted octanol–water partition coefficient (Wildman–Crippen LogP) is 8.25. The fourth-order valence-electron chi connectivity index (χ4n) is 6.69.